The lowest BCUT2D eigenvalue weighted by atomic mass is 10.1. The Morgan fingerprint density at radius 3 is 2.05 bits per heavy atom. The van der Waals surface area contributed by atoms with Crippen molar-refractivity contribution in [2.75, 3.05) is 5.32 Å². The molecule has 0 spiro atoms. The van der Waals surface area contributed by atoms with Crippen molar-refractivity contribution in [2.45, 2.75) is 5.38 Å². The van der Waals surface area contributed by atoms with Crippen LogP contribution in [-0.2, 0) is 4.79 Å². The number of nitrogens with one attached hydrogen (secondary N) is 2. The van der Waals surface area contributed by atoms with Crippen LogP contribution in [0.5, 0.6) is 0 Å². The van der Waals surface area contributed by atoms with Gasteiger partial charge in [0.25, 0.3) is 5.91 Å². The molecule has 0 heterocycles. The molecule has 0 aliphatic heterocycles. The maximum atomic E-state index is 11.8. The van der Waals surface area contributed by atoms with Crippen LogP contribution >= 0.6 is 11.6 Å². The summed E-state index contributed by atoms with van der Waals surface area (Å²) in [6.45, 7) is 0. The molecule has 2 rings (SSSR count). The highest BCUT2D eigenvalue weighted by Crippen LogP contribution is 2.19. The second kappa shape index (κ2) is 6.73. The van der Waals surface area contributed by atoms with Crippen molar-refractivity contribution in [2.24, 2.45) is 0 Å². The smallest absolute Gasteiger partial charge is 0.308 e. The predicted octanol–water partition coefficient (Wildman–Crippen LogP) is 3.31. The fourth-order valence-corrected chi connectivity index (χ4v) is 1.83. The molecule has 1 unspecified atom stereocenters. The minimum absolute atomic E-state index is 0.564. The Balaban J connectivity index is 1.93. The molecule has 2 aromatic carbocycles. The van der Waals surface area contributed by atoms with E-state index in [0.717, 1.165) is 0 Å². The average Bonchev–Trinajstić information content (AvgIpc) is 2.48. The first kappa shape index (κ1) is 14.1. The molecule has 20 heavy (non-hydrogen) atoms. The molecule has 0 bridgehead atoms. The van der Waals surface area contributed by atoms with Crippen LogP contribution < -0.4 is 10.6 Å². The topological polar surface area (TPSA) is 58.2 Å². The Hall–Kier alpha value is -2.33. The van der Waals surface area contributed by atoms with E-state index in [-0.39, 0.29) is 0 Å². The van der Waals surface area contributed by atoms with E-state index in [9.17, 15) is 9.59 Å². The number of halogens is 1. The van der Waals surface area contributed by atoms with Gasteiger partial charge in [-0.3, -0.25) is 10.1 Å². The van der Waals surface area contributed by atoms with Gasteiger partial charge in [-0.1, -0.05) is 48.5 Å². The molecule has 0 radical (unpaired) electrons. The summed E-state index contributed by atoms with van der Waals surface area (Å²) in [5.74, 6) is -0.564. The average molecular weight is 289 g/mol. The predicted molar refractivity (Wildman–Crippen MR) is 78.6 cm³/mol. The highest BCUT2D eigenvalue weighted by atomic mass is 35.5. The van der Waals surface area contributed by atoms with Gasteiger partial charge in [0.2, 0.25) is 0 Å². The van der Waals surface area contributed by atoms with E-state index >= 15 is 0 Å². The molecule has 0 aliphatic rings. The second-order valence-corrected chi connectivity index (χ2v) is 4.52. The van der Waals surface area contributed by atoms with Crippen LogP contribution in [0, 0.1) is 0 Å². The van der Waals surface area contributed by atoms with Crippen molar-refractivity contribution < 1.29 is 9.59 Å². The van der Waals surface area contributed by atoms with Gasteiger partial charge in [-0.05, 0) is 17.7 Å². The number of hydrogen-bond acceptors (Lipinski definition) is 2. The van der Waals surface area contributed by atoms with Crippen molar-refractivity contribution in [3.63, 3.8) is 0 Å². The molecule has 0 aliphatic carbocycles. The van der Waals surface area contributed by atoms with Gasteiger partial charge in [-0.2, -0.15) is 0 Å². The Labute approximate surface area is 121 Å². The first-order valence-electron chi connectivity index (χ1n) is 6.03. The van der Waals surface area contributed by atoms with Crippen LogP contribution in [0.25, 0.3) is 0 Å². The second-order valence-electron chi connectivity index (χ2n) is 4.08. The van der Waals surface area contributed by atoms with Gasteiger partial charge >= 0.3 is 6.03 Å². The number of para-hydroxylation sites is 1. The molecule has 1 atom stereocenters. The van der Waals surface area contributed by atoms with Crippen LogP contribution in [0.4, 0.5) is 10.5 Å². The fourth-order valence-electron chi connectivity index (χ4n) is 1.63. The zero-order valence-electron chi connectivity index (χ0n) is 10.5. The highest BCUT2D eigenvalue weighted by Gasteiger charge is 2.19. The zero-order chi connectivity index (χ0) is 14.4. The SMILES string of the molecule is O=C(NC(=O)C(Cl)c1ccccc1)Nc1ccccc1. The summed E-state index contributed by atoms with van der Waals surface area (Å²) >= 11 is 6.01. The third kappa shape index (κ3) is 3.83. The number of alkyl halides is 1. The standard InChI is InChI=1S/C15H13ClN2O2/c16-13(11-7-3-1-4-8-11)14(19)18-15(20)17-12-9-5-2-6-10-12/h1-10,13H,(H2,17,18,19,20). The van der Waals surface area contributed by atoms with E-state index in [0.29, 0.717) is 11.3 Å². The number of amides is 3. The summed E-state index contributed by atoms with van der Waals surface area (Å²) in [7, 11) is 0. The van der Waals surface area contributed by atoms with Crippen molar-refractivity contribution in [1.82, 2.24) is 5.32 Å². The summed E-state index contributed by atoms with van der Waals surface area (Å²) in [5.41, 5.74) is 1.24. The van der Waals surface area contributed by atoms with Gasteiger partial charge in [-0.15, -0.1) is 11.6 Å². The largest absolute Gasteiger partial charge is 0.325 e. The minimum Gasteiger partial charge on any atom is -0.308 e. The zero-order valence-corrected chi connectivity index (χ0v) is 11.3. The number of anilines is 1. The van der Waals surface area contributed by atoms with Gasteiger partial charge in [-0.25, -0.2) is 4.79 Å². The molecule has 2 aromatic rings. The molecule has 0 fully saturated rings. The lowest BCUT2D eigenvalue weighted by molar-refractivity contribution is -0.119. The van der Waals surface area contributed by atoms with Crippen molar-refractivity contribution in [3.8, 4) is 0 Å². The quantitative estimate of drug-likeness (QED) is 0.851. The van der Waals surface area contributed by atoms with E-state index in [1.54, 1.807) is 48.5 Å². The number of benzene rings is 2. The van der Waals surface area contributed by atoms with Crippen LogP contribution in [-0.4, -0.2) is 11.9 Å². The highest BCUT2D eigenvalue weighted by molar-refractivity contribution is 6.32. The Morgan fingerprint density at radius 1 is 0.900 bits per heavy atom. The third-order valence-corrected chi connectivity index (χ3v) is 3.04. The summed E-state index contributed by atoms with van der Waals surface area (Å²) in [6, 6.07) is 17.1. The Kier molecular flexibility index (Phi) is 4.74. The number of rotatable bonds is 3. The monoisotopic (exact) mass is 288 g/mol. The normalized spacial score (nSPS) is 11.4. The lowest BCUT2D eigenvalue weighted by Crippen LogP contribution is -2.36. The van der Waals surface area contributed by atoms with Crippen LogP contribution in [0.1, 0.15) is 10.9 Å². The summed E-state index contributed by atoms with van der Waals surface area (Å²) in [5, 5.41) is 3.85. The molecular formula is C15H13ClN2O2. The molecule has 3 amide bonds. The molecule has 0 aromatic heterocycles. The van der Waals surface area contributed by atoms with Crippen molar-refractivity contribution in [1.29, 1.82) is 0 Å². The number of urea groups is 1. The fraction of sp³-hybridized carbons (Fsp3) is 0.0667. The van der Waals surface area contributed by atoms with E-state index in [1.165, 1.54) is 0 Å². The van der Waals surface area contributed by atoms with E-state index in [1.807, 2.05) is 12.1 Å². The lowest BCUT2D eigenvalue weighted by Gasteiger charge is -2.10. The molecule has 0 saturated heterocycles. The van der Waals surface area contributed by atoms with E-state index in [4.69, 9.17) is 11.6 Å². The van der Waals surface area contributed by atoms with Gasteiger partial charge in [0.1, 0.15) is 5.38 Å². The maximum Gasteiger partial charge on any atom is 0.325 e. The number of imide groups is 1. The number of hydrogen-bond donors (Lipinski definition) is 2. The molecule has 5 heteroatoms. The Morgan fingerprint density at radius 2 is 1.45 bits per heavy atom. The minimum atomic E-state index is -0.905. The van der Waals surface area contributed by atoms with Gasteiger partial charge in [0.15, 0.2) is 0 Å². The molecule has 4 nitrogen and oxygen atoms in total. The third-order valence-electron chi connectivity index (χ3n) is 2.59. The van der Waals surface area contributed by atoms with Crippen molar-refractivity contribution >= 4 is 29.2 Å². The van der Waals surface area contributed by atoms with Gasteiger partial charge in [0, 0.05) is 5.69 Å². The first-order valence-corrected chi connectivity index (χ1v) is 6.46. The molecular weight excluding hydrogens is 276 g/mol. The van der Waals surface area contributed by atoms with Crippen LogP contribution in [0.2, 0.25) is 0 Å². The number of carbonyl (C=O) groups is 2. The maximum absolute atomic E-state index is 11.8. The van der Waals surface area contributed by atoms with E-state index in [2.05, 4.69) is 10.6 Å². The van der Waals surface area contributed by atoms with Crippen LogP contribution in [0.15, 0.2) is 60.7 Å². The first-order chi connectivity index (χ1) is 9.66. The van der Waals surface area contributed by atoms with Crippen molar-refractivity contribution in [3.05, 3.63) is 66.2 Å². The molecule has 2 N–H and O–H groups in total. The van der Waals surface area contributed by atoms with Gasteiger partial charge in [0.05, 0.1) is 0 Å². The summed E-state index contributed by atoms with van der Waals surface area (Å²) < 4.78 is 0. The van der Waals surface area contributed by atoms with E-state index < -0.39 is 17.3 Å². The molecule has 0 saturated carbocycles. The number of carbonyl (C=O) groups excluding carboxylic acids is 2. The molecule has 102 valence electrons. The summed E-state index contributed by atoms with van der Waals surface area (Å²) in [4.78, 5) is 23.5. The Bertz CT molecular complexity index is 587. The summed E-state index contributed by atoms with van der Waals surface area (Å²) in [6.07, 6.45) is 0. The van der Waals surface area contributed by atoms with Gasteiger partial charge < -0.3 is 5.32 Å². The van der Waals surface area contributed by atoms with Crippen LogP contribution in [0.3, 0.4) is 0 Å².